The number of carbonyl (C=O) groups excluding carboxylic acids is 2. The van der Waals surface area contributed by atoms with Gasteiger partial charge >= 0.3 is 0 Å². The number of rotatable bonds is 5. The molecule has 7 nitrogen and oxygen atoms in total. The summed E-state index contributed by atoms with van der Waals surface area (Å²) in [6.07, 6.45) is 2.47. The number of hydrogen-bond acceptors (Lipinski definition) is 5. The van der Waals surface area contributed by atoms with Crippen molar-refractivity contribution in [1.82, 2.24) is 15.1 Å². The van der Waals surface area contributed by atoms with Gasteiger partial charge in [0.15, 0.2) is 5.76 Å². The lowest BCUT2D eigenvalue weighted by Crippen LogP contribution is -2.45. The summed E-state index contributed by atoms with van der Waals surface area (Å²) in [4.78, 5) is 29.1. The average molecular weight is 385 g/mol. The van der Waals surface area contributed by atoms with E-state index in [1.807, 2.05) is 36.2 Å². The monoisotopic (exact) mass is 385 g/mol. The Hall–Kier alpha value is -2.38. The van der Waals surface area contributed by atoms with Crippen LogP contribution in [0.15, 0.2) is 34.7 Å². The Morgan fingerprint density at radius 2 is 1.89 bits per heavy atom. The van der Waals surface area contributed by atoms with Gasteiger partial charge < -0.3 is 19.4 Å². The third-order valence-corrected chi connectivity index (χ3v) is 5.91. The van der Waals surface area contributed by atoms with E-state index >= 15 is 0 Å². The molecule has 2 atom stereocenters. The molecule has 1 aromatic carbocycles. The number of benzene rings is 1. The highest BCUT2D eigenvalue weighted by molar-refractivity contribution is 5.96. The number of nitrogens with one attached hydrogen (secondary N) is 1. The summed E-state index contributed by atoms with van der Waals surface area (Å²) in [6, 6.07) is 9.82. The van der Waals surface area contributed by atoms with Crippen LogP contribution in [0.4, 0.5) is 0 Å². The van der Waals surface area contributed by atoms with Gasteiger partial charge in [-0.25, -0.2) is 0 Å². The molecule has 0 saturated carbocycles. The van der Waals surface area contributed by atoms with Crippen LogP contribution in [0.2, 0.25) is 0 Å². The van der Waals surface area contributed by atoms with Crippen LogP contribution in [0.1, 0.15) is 29.8 Å². The van der Waals surface area contributed by atoms with Crippen molar-refractivity contribution in [3.8, 4) is 0 Å². The number of hydrogen-bond donors (Lipinski definition) is 1. The van der Waals surface area contributed by atoms with Crippen molar-refractivity contribution in [3.63, 3.8) is 0 Å². The summed E-state index contributed by atoms with van der Waals surface area (Å²) in [7, 11) is 2.04. The van der Waals surface area contributed by atoms with Gasteiger partial charge in [-0.3, -0.25) is 14.5 Å². The summed E-state index contributed by atoms with van der Waals surface area (Å²) >= 11 is 0. The highest BCUT2D eigenvalue weighted by Gasteiger charge is 2.33. The number of carbonyl (C=O) groups is 2. The normalized spacial score (nSPS) is 23.2. The number of ether oxygens (including phenoxy) is 1. The van der Waals surface area contributed by atoms with Crippen LogP contribution >= 0.6 is 0 Å². The molecule has 4 rings (SSSR count). The Kier molecular flexibility index (Phi) is 5.64. The number of morpholine rings is 1. The third-order valence-electron chi connectivity index (χ3n) is 5.91. The smallest absolute Gasteiger partial charge is 0.287 e. The van der Waals surface area contributed by atoms with Crippen LogP contribution in [0.5, 0.6) is 0 Å². The minimum Gasteiger partial charge on any atom is -0.451 e. The molecule has 2 fully saturated rings. The molecule has 0 radical (unpaired) electrons. The zero-order valence-corrected chi connectivity index (χ0v) is 16.2. The molecular formula is C21H27N3O4. The van der Waals surface area contributed by atoms with E-state index < -0.39 is 0 Å². The van der Waals surface area contributed by atoms with Crippen LogP contribution in [0.3, 0.4) is 0 Å². The minimum absolute atomic E-state index is 0.197. The second kappa shape index (κ2) is 8.32. The Morgan fingerprint density at radius 1 is 1.14 bits per heavy atom. The standard InChI is InChI=1S/C21H27N3O4/c1-23-16(13-20(25)24-8-10-27-11-9-24)6-7-17(23)14-22-21(26)19-12-15-4-2-3-5-18(15)28-19/h2-5,12,16-17H,6-11,13-14H2,1H3,(H,22,26)/t16-,17+/m1/s1. The fourth-order valence-corrected chi connectivity index (χ4v) is 4.12. The largest absolute Gasteiger partial charge is 0.451 e. The SMILES string of the molecule is CN1[C@@H](CC(=O)N2CCOCC2)CC[C@H]1CNC(=O)c1cc2ccccc2o1. The molecule has 0 aliphatic carbocycles. The molecule has 2 amide bonds. The Labute approximate surface area is 164 Å². The maximum Gasteiger partial charge on any atom is 0.287 e. The molecule has 1 N–H and O–H groups in total. The molecule has 7 heteroatoms. The first kappa shape index (κ1) is 19.0. The predicted octanol–water partition coefficient (Wildman–Crippen LogP) is 1.87. The van der Waals surface area contributed by atoms with E-state index in [1.165, 1.54) is 0 Å². The molecule has 2 aromatic rings. The Balaban J connectivity index is 1.28. The number of likely N-dealkylation sites (tertiary alicyclic amines) is 1. The number of likely N-dealkylation sites (N-methyl/N-ethyl adjacent to an activating group) is 1. The predicted molar refractivity (Wildman–Crippen MR) is 105 cm³/mol. The first-order chi connectivity index (χ1) is 13.6. The summed E-state index contributed by atoms with van der Waals surface area (Å²) in [5, 5.41) is 3.91. The van der Waals surface area contributed by atoms with E-state index in [2.05, 4.69) is 10.2 Å². The van der Waals surface area contributed by atoms with E-state index in [0.29, 0.717) is 50.6 Å². The van der Waals surface area contributed by atoms with E-state index in [4.69, 9.17) is 9.15 Å². The van der Waals surface area contributed by atoms with E-state index in [0.717, 1.165) is 18.2 Å². The molecule has 0 bridgehead atoms. The lowest BCUT2D eigenvalue weighted by atomic mass is 10.1. The Bertz CT molecular complexity index is 810. The maximum absolute atomic E-state index is 12.5. The molecule has 2 saturated heterocycles. The van der Waals surface area contributed by atoms with Gasteiger partial charge in [0.05, 0.1) is 13.2 Å². The fourth-order valence-electron chi connectivity index (χ4n) is 4.12. The Morgan fingerprint density at radius 3 is 2.68 bits per heavy atom. The molecule has 150 valence electrons. The van der Waals surface area contributed by atoms with Crippen molar-refractivity contribution in [2.45, 2.75) is 31.3 Å². The highest BCUT2D eigenvalue weighted by atomic mass is 16.5. The molecule has 0 spiro atoms. The van der Waals surface area contributed by atoms with Gasteiger partial charge in [-0.15, -0.1) is 0 Å². The molecule has 1 aromatic heterocycles. The van der Waals surface area contributed by atoms with Gasteiger partial charge in [0.1, 0.15) is 5.58 Å². The topological polar surface area (TPSA) is 75.0 Å². The van der Waals surface area contributed by atoms with E-state index in [9.17, 15) is 9.59 Å². The third kappa shape index (κ3) is 4.05. The lowest BCUT2D eigenvalue weighted by molar-refractivity contribution is -0.136. The second-order valence-electron chi connectivity index (χ2n) is 7.61. The van der Waals surface area contributed by atoms with Gasteiger partial charge in [-0.1, -0.05) is 18.2 Å². The van der Waals surface area contributed by atoms with Crippen molar-refractivity contribution >= 4 is 22.8 Å². The maximum atomic E-state index is 12.5. The van der Waals surface area contributed by atoms with E-state index in [-0.39, 0.29) is 23.9 Å². The summed E-state index contributed by atoms with van der Waals surface area (Å²) < 4.78 is 10.9. The van der Waals surface area contributed by atoms with Gasteiger partial charge in [0.2, 0.25) is 5.91 Å². The molecule has 2 aliphatic rings. The quantitative estimate of drug-likeness (QED) is 0.851. The van der Waals surface area contributed by atoms with Crippen LogP contribution in [-0.2, 0) is 9.53 Å². The van der Waals surface area contributed by atoms with Crippen LogP contribution < -0.4 is 5.32 Å². The van der Waals surface area contributed by atoms with Crippen molar-refractivity contribution in [3.05, 3.63) is 36.1 Å². The highest BCUT2D eigenvalue weighted by Crippen LogP contribution is 2.25. The van der Waals surface area contributed by atoms with Gasteiger partial charge in [-0.2, -0.15) is 0 Å². The molecule has 0 unspecified atom stereocenters. The van der Waals surface area contributed by atoms with E-state index in [1.54, 1.807) is 6.07 Å². The lowest BCUT2D eigenvalue weighted by Gasteiger charge is -2.30. The fraction of sp³-hybridized carbons (Fsp3) is 0.524. The number of amides is 2. The van der Waals surface area contributed by atoms with Crippen LogP contribution in [0.25, 0.3) is 11.0 Å². The number of nitrogens with zero attached hydrogens (tertiary/aromatic N) is 2. The number of para-hydroxylation sites is 1. The molecule has 2 aliphatic heterocycles. The van der Waals surface area contributed by atoms with Crippen molar-refractivity contribution < 1.29 is 18.7 Å². The molecule has 3 heterocycles. The molecular weight excluding hydrogens is 358 g/mol. The number of furan rings is 1. The minimum atomic E-state index is -0.197. The number of fused-ring (bicyclic) bond motifs is 1. The van der Waals surface area contributed by atoms with Crippen molar-refractivity contribution in [2.24, 2.45) is 0 Å². The van der Waals surface area contributed by atoms with Gasteiger partial charge in [0, 0.05) is 43.5 Å². The summed E-state index contributed by atoms with van der Waals surface area (Å²) in [5.41, 5.74) is 0.715. The zero-order chi connectivity index (χ0) is 19.5. The van der Waals surface area contributed by atoms with Crippen molar-refractivity contribution in [1.29, 1.82) is 0 Å². The second-order valence-corrected chi connectivity index (χ2v) is 7.61. The summed E-state index contributed by atoms with van der Waals surface area (Å²) in [5.74, 6) is 0.338. The van der Waals surface area contributed by atoms with Gasteiger partial charge in [0.25, 0.3) is 5.91 Å². The first-order valence-corrected chi connectivity index (χ1v) is 9.96. The summed E-state index contributed by atoms with van der Waals surface area (Å²) in [6.45, 7) is 3.18. The zero-order valence-electron chi connectivity index (χ0n) is 16.2. The van der Waals surface area contributed by atoms with Gasteiger partial charge in [-0.05, 0) is 32.0 Å². The first-order valence-electron chi connectivity index (χ1n) is 9.96. The van der Waals surface area contributed by atoms with Crippen LogP contribution in [0, 0.1) is 0 Å². The average Bonchev–Trinajstić information content (AvgIpc) is 3.31. The molecule has 28 heavy (non-hydrogen) atoms. The van der Waals surface area contributed by atoms with Crippen molar-refractivity contribution in [2.75, 3.05) is 39.9 Å². The van der Waals surface area contributed by atoms with Crippen LogP contribution in [-0.4, -0.2) is 73.6 Å².